The van der Waals surface area contributed by atoms with E-state index in [0.717, 1.165) is 25.7 Å². The number of fused-ring (bicyclic) bond motifs is 1. The summed E-state index contributed by atoms with van der Waals surface area (Å²) in [7, 11) is 0. The molecule has 4 heterocycles. The zero-order valence-corrected chi connectivity index (χ0v) is 19.0. The normalized spacial score (nSPS) is 21.5. The second-order valence-electron chi connectivity index (χ2n) is 8.91. The molecule has 1 aliphatic carbocycles. The molecule has 3 aromatic rings. The number of nitrogens with one attached hydrogen (secondary N) is 1. The monoisotopic (exact) mass is 472 g/mol. The molecular weight excluding hydrogens is 447 g/mol. The summed E-state index contributed by atoms with van der Waals surface area (Å²) in [6.45, 7) is 2.57. The van der Waals surface area contributed by atoms with Crippen LogP contribution in [0.4, 0.5) is 4.39 Å². The Balaban J connectivity index is 1.28. The Morgan fingerprint density at radius 3 is 2.88 bits per heavy atom. The molecular formula is C23H26ClFN6O2. The number of morpholine rings is 1. The second-order valence-corrected chi connectivity index (χ2v) is 9.35. The molecule has 8 nitrogen and oxygen atoms in total. The number of amides is 1. The van der Waals surface area contributed by atoms with Gasteiger partial charge in [-0.3, -0.25) is 9.89 Å². The fourth-order valence-electron chi connectivity index (χ4n) is 4.95. The second kappa shape index (κ2) is 9.69. The average molecular weight is 473 g/mol. The molecule has 1 N–H and O–H groups in total. The van der Waals surface area contributed by atoms with E-state index >= 15 is 0 Å². The molecule has 1 saturated heterocycles. The first-order valence-electron chi connectivity index (χ1n) is 11.4. The van der Waals surface area contributed by atoms with Crippen LogP contribution in [0.1, 0.15) is 37.8 Å². The summed E-state index contributed by atoms with van der Waals surface area (Å²) >= 11 is 6.08. The Bertz CT molecular complexity index is 1150. The molecule has 10 heteroatoms. The van der Waals surface area contributed by atoms with E-state index in [1.165, 1.54) is 12.4 Å². The summed E-state index contributed by atoms with van der Waals surface area (Å²) in [5, 5.41) is 8.24. The third kappa shape index (κ3) is 4.99. The molecule has 5 rings (SSSR count). The first-order valence-corrected chi connectivity index (χ1v) is 11.8. The van der Waals surface area contributed by atoms with Gasteiger partial charge in [-0.05, 0) is 37.2 Å². The van der Waals surface area contributed by atoms with Crippen molar-refractivity contribution in [2.75, 3.05) is 26.3 Å². The molecule has 174 valence electrons. The van der Waals surface area contributed by atoms with Gasteiger partial charge in [-0.2, -0.15) is 5.10 Å². The van der Waals surface area contributed by atoms with Gasteiger partial charge in [0.15, 0.2) is 17.3 Å². The van der Waals surface area contributed by atoms with Crippen LogP contribution in [-0.2, 0) is 16.0 Å². The van der Waals surface area contributed by atoms with Crippen LogP contribution < -0.4 is 0 Å². The van der Waals surface area contributed by atoms with Crippen molar-refractivity contribution in [3.8, 4) is 11.5 Å². The van der Waals surface area contributed by atoms with Gasteiger partial charge in [0.2, 0.25) is 5.91 Å². The van der Waals surface area contributed by atoms with Crippen LogP contribution in [-0.4, -0.2) is 62.3 Å². The van der Waals surface area contributed by atoms with Gasteiger partial charge < -0.3 is 9.64 Å². The van der Waals surface area contributed by atoms with E-state index in [2.05, 4.69) is 25.1 Å². The number of carbonyl (C=O) groups is 1. The van der Waals surface area contributed by atoms with E-state index in [1.54, 1.807) is 6.07 Å². The van der Waals surface area contributed by atoms with Crippen LogP contribution in [0, 0.1) is 17.7 Å². The maximum atomic E-state index is 14.6. The van der Waals surface area contributed by atoms with E-state index < -0.39 is 5.82 Å². The van der Waals surface area contributed by atoms with Crippen LogP contribution in [0.3, 0.4) is 0 Å². The van der Waals surface area contributed by atoms with Gasteiger partial charge in [0.05, 0.1) is 35.5 Å². The van der Waals surface area contributed by atoms with Gasteiger partial charge in [-0.1, -0.05) is 24.4 Å². The maximum Gasteiger partial charge on any atom is 0.223 e. The Morgan fingerprint density at radius 2 is 2.03 bits per heavy atom. The highest BCUT2D eigenvalue weighted by Crippen LogP contribution is 2.34. The number of halogens is 2. The van der Waals surface area contributed by atoms with Crippen molar-refractivity contribution < 1.29 is 13.9 Å². The highest BCUT2D eigenvalue weighted by Gasteiger charge is 2.28. The first-order chi connectivity index (χ1) is 16.1. The molecule has 0 unspecified atom stereocenters. The summed E-state index contributed by atoms with van der Waals surface area (Å²) in [5.74, 6) is 0.775. The van der Waals surface area contributed by atoms with Gasteiger partial charge in [0, 0.05) is 25.7 Å². The molecule has 0 aromatic carbocycles. The van der Waals surface area contributed by atoms with Crippen LogP contribution in [0.25, 0.3) is 22.6 Å². The maximum absolute atomic E-state index is 14.6. The topological polar surface area (TPSA) is 96.9 Å². The van der Waals surface area contributed by atoms with Gasteiger partial charge >= 0.3 is 0 Å². The standard InChI is InChI=1S/C23H26ClFN6O2/c24-16-11-17-21(29-30-22(17)26-12-16)23-27-13-18(25)19(28-23)9-14-2-1-3-15(8-14)10-20(32)31-4-6-33-7-5-31/h11-15H,1-10H2,(H,26,29,30)/t14-,15+/m0/s1. The molecule has 0 spiro atoms. The Morgan fingerprint density at radius 1 is 1.21 bits per heavy atom. The third-order valence-electron chi connectivity index (χ3n) is 6.62. The van der Waals surface area contributed by atoms with Crippen molar-refractivity contribution in [3.63, 3.8) is 0 Å². The van der Waals surface area contributed by atoms with Gasteiger partial charge in [-0.15, -0.1) is 0 Å². The van der Waals surface area contributed by atoms with Crippen LogP contribution in [0.15, 0.2) is 18.5 Å². The highest BCUT2D eigenvalue weighted by molar-refractivity contribution is 6.31. The fourth-order valence-corrected chi connectivity index (χ4v) is 5.10. The minimum absolute atomic E-state index is 0.206. The zero-order valence-electron chi connectivity index (χ0n) is 18.3. The van der Waals surface area contributed by atoms with Crippen LogP contribution in [0.2, 0.25) is 5.02 Å². The van der Waals surface area contributed by atoms with E-state index in [-0.39, 0.29) is 11.8 Å². The van der Waals surface area contributed by atoms with E-state index in [4.69, 9.17) is 16.3 Å². The number of hydrogen-bond donors (Lipinski definition) is 1. The van der Waals surface area contributed by atoms with Crippen molar-refractivity contribution in [2.45, 2.75) is 38.5 Å². The summed E-state index contributed by atoms with van der Waals surface area (Å²) in [6, 6.07) is 1.74. The number of hydrogen-bond acceptors (Lipinski definition) is 6. The van der Waals surface area contributed by atoms with Crippen molar-refractivity contribution >= 4 is 28.5 Å². The van der Waals surface area contributed by atoms with Crippen molar-refractivity contribution in [1.29, 1.82) is 0 Å². The molecule has 33 heavy (non-hydrogen) atoms. The van der Waals surface area contributed by atoms with E-state index in [9.17, 15) is 9.18 Å². The minimum atomic E-state index is -0.412. The summed E-state index contributed by atoms with van der Waals surface area (Å²) < 4.78 is 20.0. The highest BCUT2D eigenvalue weighted by atomic mass is 35.5. The van der Waals surface area contributed by atoms with E-state index in [1.807, 2.05) is 4.90 Å². The minimum Gasteiger partial charge on any atom is -0.378 e. The number of carbonyl (C=O) groups excluding carboxylic acids is 1. The Kier molecular flexibility index (Phi) is 6.50. The van der Waals surface area contributed by atoms with Crippen LogP contribution >= 0.6 is 11.6 Å². The molecule has 2 atom stereocenters. The number of pyridine rings is 1. The Hall–Kier alpha value is -2.65. The van der Waals surface area contributed by atoms with Gasteiger partial charge in [0.25, 0.3) is 0 Å². The molecule has 0 bridgehead atoms. The molecule has 1 saturated carbocycles. The lowest BCUT2D eigenvalue weighted by molar-refractivity contribution is -0.136. The van der Waals surface area contributed by atoms with Gasteiger partial charge in [-0.25, -0.2) is 19.3 Å². The largest absolute Gasteiger partial charge is 0.378 e. The molecule has 3 aromatic heterocycles. The number of H-pyrrole nitrogens is 1. The van der Waals surface area contributed by atoms with Crippen molar-refractivity contribution in [1.82, 2.24) is 30.0 Å². The SMILES string of the molecule is O=C(C[C@@H]1CCC[C@H](Cc2nc(-c3[nH]nc4ncc(Cl)cc34)ncc2F)C1)N1CCOCC1. The molecule has 2 fully saturated rings. The summed E-state index contributed by atoms with van der Waals surface area (Å²) in [5.41, 5.74) is 1.46. The summed E-state index contributed by atoms with van der Waals surface area (Å²) in [4.78, 5) is 27.4. The lowest BCUT2D eigenvalue weighted by Crippen LogP contribution is -2.41. The van der Waals surface area contributed by atoms with Gasteiger partial charge in [0.1, 0.15) is 5.69 Å². The lowest BCUT2D eigenvalue weighted by atomic mass is 9.77. The zero-order chi connectivity index (χ0) is 22.8. The predicted octanol–water partition coefficient (Wildman–Crippen LogP) is 3.81. The number of rotatable bonds is 5. The number of ether oxygens (including phenoxy) is 1. The number of aromatic nitrogens is 5. The van der Waals surface area contributed by atoms with E-state index in [0.29, 0.717) is 78.3 Å². The Labute approximate surface area is 195 Å². The molecule has 0 radical (unpaired) electrons. The fraction of sp³-hybridized carbons (Fsp3) is 0.522. The average Bonchev–Trinajstić information content (AvgIpc) is 3.24. The summed E-state index contributed by atoms with van der Waals surface area (Å²) in [6.07, 6.45) is 7.81. The third-order valence-corrected chi connectivity index (χ3v) is 6.82. The van der Waals surface area contributed by atoms with Crippen LogP contribution in [0.5, 0.6) is 0 Å². The predicted molar refractivity (Wildman–Crippen MR) is 121 cm³/mol. The lowest BCUT2D eigenvalue weighted by Gasteiger charge is -2.32. The smallest absolute Gasteiger partial charge is 0.223 e. The molecule has 1 amide bonds. The first kappa shape index (κ1) is 22.2. The molecule has 1 aliphatic heterocycles. The van der Waals surface area contributed by atoms with Crippen molar-refractivity contribution in [2.24, 2.45) is 11.8 Å². The number of nitrogens with zero attached hydrogens (tertiary/aromatic N) is 5. The number of aromatic amines is 1. The quantitative estimate of drug-likeness (QED) is 0.606. The van der Waals surface area contributed by atoms with Crippen molar-refractivity contribution in [3.05, 3.63) is 35.0 Å². The molecule has 2 aliphatic rings.